The van der Waals surface area contributed by atoms with Crippen molar-refractivity contribution < 1.29 is 18.8 Å². The van der Waals surface area contributed by atoms with E-state index in [0.717, 1.165) is 6.42 Å². The minimum Gasteiger partial charge on any atom is -0.430 e. The Morgan fingerprint density at radius 3 is 2.23 bits per heavy atom. The second kappa shape index (κ2) is 4.87. The van der Waals surface area contributed by atoms with Crippen LogP contribution in [0.2, 0.25) is 0 Å². The molecular formula is C9H17NO3+2. The van der Waals surface area contributed by atoms with E-state index in [1.807, 2.05) is 21.1 Å². The van der Waals surface area contributed by atoms with Gasteiger partial charge in [0.1, 0.15) is 0 Å². The molecule has 0 atom stereocenters. The summed E-state index contributed by atoms with van der Waals surface area (Å²) in [6, 6.07) is 0. The second-order valence-corrected chi connectivity index (χ2v) is 3.81. The number of ketones is 1. The molecule has 0 radical (unpaired) electrons. The third kappa shape index (κ3) is 7.33. The molecule has 0 aliphatic carbocycles. The Kier molecular flexibility index (Phi) is 4.48. The number of carbonyl (C=O) groups is 2. The van der Waals surface area contributed by atoms with Crippen LogP contribution in [0.25, 0.3) is 0 Å². The highest BCUT2D eigenvalue weighted by atomic mass is 16.5. The van der Waals surface area contributed by atoms with Crippen LogP contribution in [0.1, 0.15) is 6.92 Å². The fraction of sp³-hybridized carbons (Fsp3) is 0.667. The minimum absolute atomic E-state index is 0.203. The highest BCUT2D eigenvalue weighted by molar-refractivity contribution is 6.07. The molecule has 0 saturated heterocycles. The Morgan fingerprint density at radius 1 is 1.31 bits per heavy atom. The molecular weight excluding hydrogens is 170 g/mol. The molecule has 0 N–H and O–H groups in total. The van der Waals surface area contributed by atoms with Crippen molar-refractivity contribution in [3.63, 3.8) is 0 Å². The first-order valence-corrected chi connectivity index (χ1v) is 4.20. The highest BCUT2D eigenvalue weighted by Gasteiger charge is 2.28. The van der Waals surface area contributed by atoms with Crippen molar-refractivity contribution in [2.24, 2.45) is 0 Å². The molecule has 0 aromatic carbocycles. The fourth-order valence-corrected chi connectivity index (χ4v) is 0.829. The summed E-state index contributed by atoms with van der Waals surface area (Å²) in [5, 5.41) is 0. The molecule has 0 aliphatic rings. The summed E-state index contributed by atoms with van der Waals surface area (Å²) >= 11 is 0. The zero-order valence-corrected chi connectivity index (χ0v) is 8.66. The Balaban J connectivity index is 3.82. The van der Waals surface area contributed by atoms with Gasteiger partial charge in [0.05, 0.1) is 27.7 Å². The number of hydrogen-bond donors (Lipinski definition) is 0. The SMILES string of the molecule is CCOC(=O)[CH+]C(=O)C[N+](C)(C)C. The van der Waals surface area contributed by atoms with E-state index in [1.165, 1.54) is 0 Å². The first kappa shape index (κ1) is 12.0. The smallest absolute Gasteiger partial charge is 0.430 e. The lowest BCUT2D eigenvalue weighted by Crippen LogP contribution is -2.40. The molecule has 0 amide bonds. The van der Waals surface area contributed by atoms with E-state index in [-0.39, 0.29) is 5.78 Å². The molecule has 0 aromatic heterocycles. The zero-order chi connectivity index (χ0) is 10.5. The van der Waals surface area contributed by atoms with E-state index >= 15 is 0 Å². The predicted molar refractivity (Wildman–Crippen MR) is 48.8 cm³/mol. The van der Waals surface area contributed by atoms with Gasteiger partial charge in [-0.25, -0.2) is 4.79 Å². The number of hydrogen-bond acceptors (Lipinski definition) is 3. The van der Waals surface area contributed by atoms with Crippen molar-refractivity contribution in [2.75, 3.05) is 34.3 Å². The van der Waals surface area contributed by atoms with Crippen molar-refractivity contribution in [1.29, 1.82) is 0 Å². The van der Waals surface area contributed by atoms with E-state index in [9.17, 15) is 9.59 Å². The van der Waals surface area contributed by atoms with Crippen LogP contribution in [0, 0.1) is 6.42 Å². The molecule has 0 unspecified atom stereocenters. The maximum atomic E-state index is 11.2. The molecule has 74 valence electrons. The summed E-state index contributed by atoms with van der Waals surface area (Å²) in [6.07, 6.45) is 1.01. The standard InChI is InChI=1S/C9H17NO3/c1-5-13-9(12)6-8(11)7-10(2,3)4/h6H,5,7H2,1-4H3/q+2. The quantitative estimate of drug-likeness (QED) is 0.264. The first-order valence-electron chi connectivity index (χ1n) is 4.20. The number of esters is 1. The Morgan fingerprint density at radius 2 is 1.85 bits per heavy atom. The van der Waals surface area contributed by atoms with E-state index < -0.39 is 5.97 Å². The van der Waals surface area contributed by atoms with Gasteiger partial charge in [-0.1, -0.05) is 0 Å². The number of ether oxygens (including phenoxy) is 1. The van der Waals surface area contributed by atoms with Gasteiger partial charge in [-0.05, 0) is 6.92 Å². The molecule has 4 nitrogen and oxygen atoms in total. The van der Waals surface area contributed by atoms with Gasteiger partial charge in [-0.3, -0.25) is 0 Å². The van der Waals surface area contributed by atoms with Gasteiger partial charge < -0.3 is 9.22 Å². The average Bonchev–Trinajstić information content (AvgIpc) is 1.81. The lowest BCUT2D eigenvalue weighted by atomic mass is 10.2. The second-order valence-electron chi connectivity index (χ2n) is 3.81. The van der Waals surface area contributed by atoms with Crippen LogP contribution in [0.5, 0.6) is 0 Å². The van der Waals surface area contributed by atoms with Gasteiger partial charge in [0.2, 0.25) is 0 Å². The van der Waals surface area contributed by atoms with Crippen molar-refractivity contribution in [3.05, 3.63) is 6.42 Å². The van der Waals surface area contributed by atoms with Gasteiger partial charge >= 0.3 is 11.8 Å². The number of Topliss-reactive ketones (excluding diaryl/α,β-unsaturated/α-hetero) is 1. The zero-order valence-electron chi connectivity index (χ0n) is 8.66. The molecule has 0 aliphatic heterocycles. The molecule has 0 aromatic rings. The van der Waals surface area contributed by atoms with Crippen molar-refractivity contribution in [2.45, 2.75) is 6.92 Å². The third-order valence-electron chi connectivity index (χ3n) is 1.20. The molecule has 13 heavy (non-hydrogen) atoms. The lowest BCUT2D eigenvalue weighted by molar-refractivity contribution is -0.861. The normalized spacial score (nSPS) is 10.8. The van der Waals surface area contributed by atoms with Crippen LogP contribution < -0.4 is 0 Å². The van der Waals surface area contributed by atoms with Crippen LogP contribution >= 0.6 is 0 Å². The summed E-state index contributed by atoms with van der Waals surface area (Å²) in [5.74, 6) is -0.757. The highest BCUT2D eigenvalue weighted by Crippen LogP contribution is 1.94. The Labute approximate surface area is 79.1 Å². The van der Waals surface area contributed by atoms with E-state index in [1.54, 1.807) is 6.92 Å². The number of rotatable bonds is 5. The van der Waals surface area contributed by atoms with Gasteiger partial charge in [-0.2, -0.15) is 4.79 Å². The Bertz CT molecular complexity index is 194. The minimum atomic E-state index is -0.555. The summed E-state index contributed by atoms with van der Waals surface area (Å²) in [5.41, 5.74) is 0. The molecule has 0 bridgehead atoms. The van der Waals surface area contributed by atoms with Crippen LogP contribution in [-0.4, -0.2) is 50.5 Å². The largest absolute Gasteiger partial charge is 0.505 e. The molecule has 0 rings (SSSR count). The number of carbonyl (C=O) groups excluding carboxylic acids is 2. The maximum Gasteiger partial charge on any atom is 0.505 e. The van der Waals surface area contributed by atoms with E-state index in [2.05, 4.69) is 4.74 Å². The van der Waals surface area contributed by atoms with Crippen molar-refractivity contribution in [3.8, 4) is 0 Å². The van der Waals surface area contributed by atoms with Gasteiger partial charge in [0, 0.05) is 0 Å². The molecule has 4 heteroatoms. The third-order valence-corrected chi connectivity index (χ3v) is 1.20. The lowest BCUT2D eigenvalue weighted by Gasteiger charge is -2.19. The van der Waals surface area contributed by atoms with Crippen LogP contribution in [0.4, 0.5) is 0 Å². The van der Waals surface area contributed by atoms with Crippen molar-refractivity contribution in [1.82, 2.24) is 0 Å². The maximum absolute atomic E-state index is 11.2. The molecule has 0 spiro atoms. The average molecular weight is 187 g/mol. The molecule has 0 heterocycles. The topological polar surface area (TPSA) is 43.4 Å². The number of nitrogens with zero attached hydrogens (tertiary/aromatic N) is 1. The fourth-order valence-electron chi connectivity index (χ4n) is 0.829. The summed E-state index contributed by atoms with van der Waals surface area (Å²) in [6.45, 7) is 2.31. The van der Waals surface area contributed by atoms with Crippen LogP contribution in [0.3, 0.4) is 0 Å². The van der Waals surface area contributed by atoms with Crippen LogP contribution in [-0.2, 0) is 14.3 Å². The van der Waals surface area contributed by atoms with E-state index in [4.69, 9.17) is 0 Å². The number of quaternary nitrogens is 1. The van der Waals surface area contributed by atoms with Gasteiger partial charge in [0.25, 0.3) is 6.42 Å². The van der Waals surface area contributed by atoms with E-state index in [0.29, 0.717) is 17.6 Å². The first-order chi connectivity index (χ1) is 5.85. The molecule has 0 fully saturated rings. The van der Waals surface area contributed by atoms with Crippen molar-refractivity contribution >= 4 is 11.8 Å². The monoisotopic (exact) mass is 187 g/mol. The van der Waals surface area contributed by atoms with Crippen LogP contribution in [0.15, 0.2) is 0 Å². The summed E-state index contributed by atoms with van der Waals surface area (Å²) in [4.78, 5) is 22.0. The summed E-state index contributed by atoms with van der Waals surface area (Å²) in [7, 11) is 5.66. The van der Waals surface area contributed by atoms with Gasteiger partial charge in [0.15, 0.2) is 6.54 Å². The summed E-state index contributed by atoms with van der Waals surface area (Å²) < 4.78 is 5.11. The van der Waals surface area contributed by atoms with Gasteiger partial charge in [-0.15, -0.1) is 0 Å². The molecule has 0 saturated carbocycles. The number of likely N-dealkylation sites (N-methyl/N-ethyl adjacent to an activating group) is 1. The predicted octanol–water partition coefficient (Wildman–Crippen LogP) is 0.0291. The Hall–Kier alpha value is -1.03.